The molecule has 0 bridgehead atoms. The quantitative estimate of drug-likeness (QED) is 0.760. The van der Waals surface area contributed by atoms with Crippen molar-refractivity contribution in [3.8, 4) is 0 Å². The average Bonchev–Trinajstić information content (AvgIpc) is 2.51. The maximum absolute atomic E-state index is 11.3. The molecule has 1 N–H and O–H groups in total. The van der Waals surface area contributed by atoms with Crippen molar-refractivity contribution in [2.45, 2.75) is 32.7 Å². The second kappa shape index (κ2) is 5.27. The van der Waals surface area contributed by atoms with Crippen molar-refractivity contribution < 1.29 is 8.42 Å². The molecule has 0 aromatic heterocycles. The lowest BCUT2D eigenvalue weighted by molar-refractivity contribution is 0.435. The van der Waals surface area contributed by atoms with Gasteiger partial charge in [-0.15, -0.1) is 0 Å². The van der Waals surface area contributed by atoms with Gasteiger partial charge in [0.05, 0.1) is 6.26 Å². The summed E-state index contributed by atoms with van der Waals surface area (Å²) in [7, 11) is -2.96. The first-order valence-electron chi connectivity index (χ1n) is 5.58. The second-order valence-corrected chi connectivity index (χ2v) is 6.66. The Morgan fingerprint density at radius 2 is 2.13 bits per heavy atom. The molecule has 0 spiro atoms. The molecule has 0 aliphatic carbocycles. The van der Waals surface area contributed by atoms with Gasteiger partial charge in [-0.05, 0) is 25.3 Å². The number of sulfonamides is 1. The summed E-state index contributed by atoms with van der Waals surface area (Å²) < 4.78 is 24.1. The van der Waals surface area contributed by atoms with Gasteiger partial charge in [0.2, 0.25) is 10.0 Å². The highest BCUT2D eigenvalue weighted by atomic mass is 32.2. The van der Waals surface area contributed by atoms with Crippen LogP contribution in [-0.4, -0.2) is 44.7 Å². The van der Waals surface area contributed by atoms with Crippen LogP contribution >= 0.6 is 0 Å². The average molecular weight is 234 g/mol. The van der Waals surface area contributed by atoms with Crippen LogP contribution in [0.15, 0.2) is 0 Å². The fourth-order valence-corrected chi connectivity index (χ4v) is 2.83. The molecule has 0 aromatic carbocycles. The van der Waals surface area contributed by atoms with Crippen molar-refractivity contribution in [1.29, 1.82) is 0 Å². The van der Waals surface area contributed by atoms with Gasteiger partial charge in [-0.3, -0.25) is 0 Å². The molecule has 0 aromatic rings. The predicted molar refractivity (Wildman–Crippen MR) is 62.3 cm³/mol. The Kier molecular flexibility index (Phi) is 4.55. The molecular weight excluding hydrogens is 212 g/mol. The van der Waals surface area contributed by atoms with Gasteiger partial charge in [-0.2, -0.15) is 0 Å². The van der Waals surface area contributed by atoms with Crippen molar-refractivity contribution in [3.05, 3.63) is 0 Å². The third-order valence-electron chi connectivity index (χ3n) is 2.82. The van der Waals surface area contributed by atoms with E-state index in [0.717, 1.165) is 19.4 Å². The Bertz CT molecular complexity index is 288. The highest BCUT2D eigenvalue weighted by molar-refractivity contribution is 7.88. The van der Waals surface area contributed by atoms with Gasteiger partial charge in [0.15, 0.2) is 0 Å². The van der Waals surface area contributed by atoms with Gasteiger partial charge in [-0.1, -0.05) is 13.8 Å². The van der Waals surface area contributed by atoms with Crippen LogP contribution in [0.1, 0.15) is 26.7 Å². The largest absolute Gasteiger partial charge is 0.315 e. The van der Waals surface area contributed by atoms with Crippen LogP contribution in [0.4, 0.5) is 0 Å². The Morgan fingerprint density at radius 1 is 1.47 bits per heavy atom. The van der Waals surface area contributed by atoms with Crippen LogP contribution in [0, 0.1) is 5.92 Å². The zero-order chi connectivity index (χ0) is 11.5. The molecule has 1 atom stereocenters. The third-order valence-corrected chi connectivity index (χ3v) is 4.09. The number of hydrogen-bond acceptors (Lipinski definition) is 3. The van der Waals surface area contributed by atoms with Crippen molar-refractivity contribution in [2.75, 3.05) is 25.9 Å². The Morgan fingerprint density at radius 3 is 2.60 bits per heavy atom. The minimum atomic E-state index is -2.96. The van der Waals surface area contributed by atoms with Crippen LogP contribution in [0.25, 0.3) is 0 Å². The highest BCUT2D eigenvalue weighted by Crippen LogP contribution is 2.21. The van der Waals surface area contributed by atoms with E-state index in [4.69, 9.17) is 0 Å². The van der Waals surface area contributed by atoms with Gasteiger partial charge in [0.25, 0.3) is 0 Å². The summed E-state index contributed by atoms with van der Waals surface area (Å²) in [5.74, 6) is 0.533. The lowest BCUT2D eigenvalue weighted by Gasteiger charge is -2.14. The summed E-state index contributed by atoms with van der Waals surface area (Å²) in [6, 6.07) is 0.511. The van der Waals surface area contributed by atoms with E-state index in [1.54, 1.807) is 4.31 Å². The van der Waals surface area contributed by atoms with Gasteiger partial charge in [-0.25, -0.2) is 12.7 Å². The fraction of sp³-hybridized carbons (Fsp3) is 1.00. The lowest BCUT2D eigenvalue weighted by Crippen LogP contribution is -2.29. The molecule has 15 heavy (non-hydrogen) atoms. The zero-order valence-corrected chi connectivity index (χ0v) is 10.7. The van der Waals surface area contributed by atoms with Gasteiger partial charge in [0, 0.05) is 19.1 Å². The van der Waals surface area contributed by atoms with Crippen molar-refractivity contribution in [3.63, 3.8) is 0 Å². The molecule has 0 radical (unpaired) electrons. The van der Waals surface area contributed by atoms with Crippen LogP contribution in [0.3, 0.4) is 0 Å². The molecule has 0 saturated carbocycles. The lowest BCUT2D eigenvalue weighted by atomic mass is 10.1. The van der Waals surface area contributed by atoms with E-state index in [1.165, 1.54) is 6.26 Å². The summed E-state index contributed by atoms with van der Waals surface area (Å²) in [6.45, 7) is 6.64. The van der Waals surface area contributed by atoms with Crippen molar-refractivity contribution >= 4 is 10.0 Å². The standard InChI is InChI=1S/C10H22N2O2S/c1-9(2)11-6-4-10-5-7-12(8-10)15(3,13)14/h9-11H,4-8H2,1-3H3. The van der Waals surface area contributed by atoms with Gasteiger partial charge >= 0.3 is 0 Å². The minimum absolute atomic E-state index is 0.511. The Hall–Kier alpha value is -0.130. The van der Waals surface area contributed by atoms with Gasteiger partial charge in [0.1, 0.15) is 0 Å². The van der Waals surface area contributed by atoms with Crippen molar-refractivity contribution in [2.24, 2.45) is 5.92 Å². The van der Waals surface area contributed by atoms with Crippen LogP contribution in [-0.2, 0) is 10.0 Å². The summed E-state index contributed by atoms with van der Waals surface area (Å²) in [5, 5.41) is 3.36. The molecule has 1 aliphatic rings. The van der Waals surface area contributed by atoms with E-state index in [0.29, 0.717) is 25.0 Å². The molecule has 90 valence electrons. The van der Waals surface area contributed by atoms with E-state index in [9.17, 15) is 8.42 Å². The Labute approximate surface area is 93.1 Å². The number of hydrogen-bond donors (Lipinski definition) is 1. The molecule has 5 heteroatoms. The maximum Gasteiger partial charge on any atom is 0.211 e. The van der Waals surface area contributed by atoms with E-state index >= 15 is 0 Å². The molecule has 1 aliphatic heterocycles. The second-order valence-electron chi connectivity index (χ2n) is 4.67. The van der Waals surface area contributed by atoms with Crippen LogP contribution < -0.4 is 5.32 Å². The van der Waals surface area contributed by atoms with E-state index in [2.05, 4.69) is 19.2 Å². The van der Waals surface area contributed by atoms with E-state index in [-0.39, 0.29) is 0 Å². The number of nitrogens with zero attached hydrogens (tertiary/aromatic N) is 1. The normalized spacial score (nSPS) is 23.9. The Balaban J connectivity index is 2.25. The molecule has 1 rings (SSSR count). The van der Waals surface area contributed by atoms with Gasteiger partial charge < -0.3 is 5.32 Å². The minimum Gasteiger partial charge on any atom is -0.315 e. The summed E-state index contributed by atoms with van der Waals surface area (Å²) in [4.78, 5) is 0. The zero-order valence-electron chi connectivity index (χ0n) is 9.86. The molecule has 1 fully saturated rings. The molecule has 1 unspecified atom stereocenters. The van der Waals surface area contributed by atoms with E-state index < -0.39 is 10.0 Å². The number of rotatable bonds is 5. The summed E-state index contributed by atoms with van der Waals surface area (Å²) >= 11 is 0. The van der Waals surface area contributed by atoms with E-state index in [1.807, 2.05) is 0 Å². The first-order chi connectivity index (χ1) is 6.89. The summed E-state index contributed by atoms with van der Waals surface area (Å²) in [6.07, 6.45) is 3.37. The monoisotopic (exact) mass is 234 g/mol. The molecule has 4 nitrogen and oxygen atoms in total. The van der Waals surface area contributed by atoms with Crippen molar-refractivity contribution in [1.82, 2.24) is 9.62 Å². The van der Waals surface area contributed by atoms with Crippen LogP contribution in [0.5, 0.6) is 0 Å². The maximum atomic E-state index is 11.3. The molecular formula is C10H22N2O2S. The fourth-order valence-electron chi connectivity index (χ4n) is 1.91. The first-order valence-corrected chi connectivity index (χ1v) is 7.43. The number of nitrogens with one attached hydrogen (secondary N) is 1. The summed E-state index contributed by atoms with van der Waals surface area (Å²) in [5.41, 5.74) is 0. The first kappa shape index (κ1) is 12.9. The SMILES string of the molecule is CC(C)NCCC1CCN(S(C)(=O)=O)C1. The third kappa shape index (κ3) is 4.49. The molecule has 0 amide bonds. The predicted octanol–water partition coefficient (Wildman–Crippen LogP) is 0.656. The van der Waals surface area contributed by atoms with Crippen LogP contribution in [0.2, 0.25) is 0 Å². The molecule has 1 heterocycles. The smallest absolute Gasteiger partial charge is 0.211 e. The highest BCUT2D eigenvalue weighted by Gasteiger charge is 2.27. The molecule has 1 saturated heterocycles. The topological polar surface area (TPSA) is 49.4 Å².